The summed E-state index contributed by atoms with van der Waals surface area (Å²) in [5.74, 6) is 1.20. The second kappa shape index (κ2) is 7.88. The number of imidazole rings is 1. The summed E-state index contributed by atoms with van der Waals surface area (Å²) in [4.78, 5) is 25.9. The smallest absolute Gasteiger partial charge is 0.326 e. The Labute approximate surface area is 182 Å². The molecule has 10 heteroatoms. The maximum atomic E-state index is 11.5. The van der Waals surface area contributed by atoms with Crippen LogP contribution in [-0.4, -0.2) is 42.8 Å². The summed E-state index contributed by atoms with van der Waals surface area (Å²) < 4.78 is 7.01. The Morgan fingerprint density at radius 1 is 1.34 bits per heavy atom. The quantitative estimate of drug-likeness (QED) is 0.362. The van der Waals surface area contributed by atoms with Crippen LogP contribution in [0.2, 0.25) is 0 Å². The molecule has 164 valence electrons. The van der Waals surface area contributed by atoms with Crippen molar-refractivity contribution in [3.05, 3.63) is 69.0 Å². The zero-order valence-corrected chi connectivity index (χ0v) is 17.7. The lowest BCUT2D eigenvalue weighted by Gasteiger charge is -2.16. The Kier molecular flexibility index (Phi) is 4.89. The van der Waals surface area contributed by atoms with Gasteiger partial charge in [0.25, 0.3) is 0 Å². The highest BCUT2D eigenvalue weighted by molar-refractivity contribution is 5.58. The van der Waals surface area contributed by atoms with Crippen molar-refractivity contribution in [3.63, 3.8) is 0 Å². The summed E-state index contributed by atoms with van der Waals surface area (Å²) in [6.07, 6.45) is 5.38. The van der Waals surface area contributed by atoms with Gasteiger partial charge in [-0.05, 0) is 43.5 Å². The molecule has 0 saturated heterocycles. The summed E-state index contributed by atoms with van der Waals surface area (Å²) >= 11 is 0. The number of aromatic amines is 2. The van der Waals surface area contributed by atoms with Gasteiger partial charge in [0.15, 0.2) is 11.1 Å². The lowest BCUT2D eigenvalue weighted by molar-refractivity contribution is 0.414. The van der Waals surface area contributed by atoms with Crippen molar-refractivity contribution in [1.82, 2.24) is 24.6 Å². The third kappa shape index (κ3) is 3.94. The molecular weight excluding hydrogens is 410 g/mol. The average molecular weight is 433 g/mol. The Balaban J connectivity index is 1.60. The Bertz CT molecular complexity index is 1460. The van der Waals surface area contributed by atoms with E-state index >= 15 is 0 Å². The van der Waals surface area contributed by atoms with E-state index in [9.17, 15) is 9.90 Å². The number of aromatic hydroxyl groups is 1. The number of ether oxygens (including phenoxy) is 1. The minimum Gasteiger partial charge on any atom is -0.497 e. The molecule has 1 saturated carbocycles. The fourth-order valence-electron chi connectivity index (χ4n) is 3.49. The maximum absolute atomic E-state index is 11.5. The van der Waals surface area contributed by atoms with Crippen LogP contribution < -0.4 is 26.4 Å². The Morgan fingerprint density at radius 2 is 2.19 bits per heavy atom. The Morgan fingerprint density at radius 3 is 2.91 bits per heavy atom. The first-order valence-corrected chi connectivity index (χ1v) is 10.4. The molecule has 4 N–H and O–H groups in total. The van der Waals surface area contributed by atoms with E-state index in [0.29, 0.717) is 28.2 Å². The van der Waals surface area contributed by atoms with Crippen LogP contribution in [-0.2, 0) is 0 Å². The summed E-state index contributed by atoms with van der Waals surface area (Å²) in [5.41, 5.74) is 2.09. The highest BCUT2D eigenvalue weighted by Gasteiger charge is 2.20. The normalized spacial score (nSPS) is 15.9. The van der Waals surface area contributed by atoms with Crippen LogP contribution in [0.15, 0.2) is 46.3 Å². The highest BCUT2D eigenvalue weighted by Crippen LogP contribution is 2.23. The van der Waals surface area contributed by atoms with Crippen molar-refractivity contribution in [1.29, 1.82) is 0 Å². The zero-order chi connectivity index (χ0) is 22.2. The summed E-state index contributed by atoms with van der Waals surface area (Å²) in [6, 6.07) is 10.0. The van der Waals surface area contributed by atoms with E-state index in [2.05, 4.69) is 20.4 Å². The largest absolute Gasteiger partial charge is 0.497 e. The number of nitrogens with one attached hydrogen (secondary N) is 3. The first-order chi connectivity index (χ1) is 15.5. The summed E-state index contributed by atoms with van der Waals surface area (Å²) in [5, 5.41) is 18.4. The molecule has 3 heterocycles. The van der Waals surface area contributed by atoms with Crippen LogP contribution >= 0.6 is 0 Å². The van der Waals surface area contributed by atoms with E-state index < -0.39 is 5.69 Å². The van der Waals surface area contributed by atoms with Crippen molar-refractivity contribution in [3.8, 4) is 11.6 Å². The van der Waals surface area contributed by atoms with Gasteiger partial charge in [-0.15, -0.1) is 0 Å². The van der Waals surface area contributed by atoms with Gasteiger partial charge in [-0.3, -0.25) is 9.98 Å². The van der Waals surface area contributed by atoms with E-state index in [1.165, 1.54) is 0 Å². The fraction of sp³-hybridized carbons (Fsp3) is 0.273. The van der Waals surface area contributed by atoms with Crippen molar-refractivity contribution < 1.29 is 9.84 Å². The lowest BCUT2D eigenvalue weighted by atomic mass is 10.1. The van der Waals surface area contributed by atoms with Gasteiger partial charge in [0.1, 0.15) is 17.3 Å². The van der Waals surface area contributed by atoms with Crippen LogP contribution in [0.5, 0.6) is 11.6 Å². The molecule has 3 aromatic heterocycles. The predicted octanol–water partition coefficient (Wildman–Crippen LogP) is 1.24. The molecule has 1 aliphatic carbocycles. The fourth-order valence-corrected chi connectivity index (χ4v) is 3.49. The number of nitrogens with zero attached hydrogens (tertiary/aromatic N) is 4. The monoisotopic (exact) mass is 433 g/mol. The molecular formula is C22H23N7O3. The average Bonchev–Trinajstić information content (AvgIpc) is 3.42. The molecule has 5 rings (SSSR count). The molecule has 32 heavy (non-hydrogen) atoms. The third-order valence-corrected chi connectivity index (χ3v) is 5.34. The van der Waals surface area contributed by atoms with Crippen LogP contribution in [0.25, 0.3) is 11.7 Å². The third-order valence-electron chi connectivity index (χ3n) is 5.34. The molecule has 10 nitrogen and oxygen atoms in total. The van der Waals surface area contributed by atoms with Gasteiger partial charge in [0.2, 0.25) is 5.88 Å². The first kappa shape index (κ1) is 19.9. The van der Waals surface area contributed by atoms with Crippen molar-refractivity contribution >= 4 is 17.5 Å². The number of aromatic nitrogens is 5. The van der Waals surface area contributed by atoms with E-state index in [0.717, 1.165) is 24.2 Å². The number of methoxy groups -OCH3 is 1. The standard InChI is InChI=1S/C22H23N7O3/c1-12(13-4-3-5-16(8-13)32-2)24-18-10-19(25-15-6-7-15)29-20(27-18)14(11-23-29)9-17-21(30)28-22(31)26-17/h3-5,8-12,15,24,30H,6-7H2,1-2H3,(H2,26,28,31)/b14-9-,25-19?/t12-/m0/s1. The maximum Gasteiger partial charge on any atom is 0.326 e. The van der Waals surface area contributed by atoms with Gasteiger partial charge >= 0.3 is 5.69 Å². The van der Waals surface area contributed by atoms with Gasteiger partial charge in [-0.2, -0.15) is 9.61 Å². The number of anilines is 1. The van der Waals surface area contributed by atoms with Crippen LogP contribution in [0.4, 0.5) is 5.82 Å². The zero-order valence-electron chi connectivity index (χ0n) is 17.7. The summed E-state index contributed by atoms with van der Waals surface area (Å²) in [7, 11) is 1.64. The Hall–Kier alpha value is -4.08. The van der Waals surface area contributed by atoms with Crippen LogP contribution in [0, 0.1) is 0 Å². The van der Waals surface area contributed by atoms with Crippen molar-refractivity contribution in [2.45, 2.75) is 31.8 Å². The number of H-pyrrole nitrogens is 2. The molecule has 0 radical (unpaired) electrons. The number of rotatable bonds is 6. The molecule has 0 unspecified atom stereocenters. The van der Waals surface area contributed by atoms with Gasteiger partial charge in [0, 0.05) is 11.3 Å². The highest BCUT2D eigenvalue weighted by atomic mass is 16.5. The van der Waals surface area contributed by atoms with Gasteiger partial charge in [-0.1, -0.05) is 12.1 Å². The van der Waals surface area contributed by atoms with E-state index in [4.69, 9.17) is 14.7 Å². The van der Waals surface area contributed by atoms with Gasteiger partial charge in [-0.25, -0.2) is 9.78 Å². The second-order valence-electron chi connectivity index (χ2n) is 7.82. The molecule has 1 aliphatic rings. The van der Waals surface area contributed by atoms with Crippen molar-refractivity contribution in [2.24, 2.45) is 4.99 Å². The first-order valence-electron chi connectivity index (χ1n) is 10.4. The van der Waals surface area contributed by atoms with E-state index in [-0.39, 0.29) is 17.6 Å². The molecule has 0 spiro atoms. The topological polar surface area (TPSA) is 133 Å². The lowest BCUT2D eigenvalue weighted by Crippen LogP contribution is -2.21. The molecule has 0 aliphatic heterocycles. The van der Waals surface area contributed by atoms with Crippen LogP contribution in [0.1, 0.15) is 37.1 Å². The van der Waals surface area contributed by atoms with Crippen molar-refractivity contribution in [2.75, 3.05) is 12.4 Å². The molecule has 1 fully saturated rings. The predicted molar refractivity (Wildman–Crippen MR) is 118 cm³/mol. The van der Waals surface area contributed by atoms with Crippen LogP contribution in [0.3, 0.4) is 0 Å². The van der Waals surface area contributed by atoms with E-state index in [1.807, 2.05) is 37.3 Å². The number of hydrogen-bond acceptors (Lipinski definition) is 7. The summed E-state index contributed by atoms with van der Waals surface area (Å²) in [6.45, 7) is 2.05. The molecule has 4 aromatic rings. The molecule has 1 atom stereocenters. The molecule has 0 amide bonds. The SMILES string of the molecule is COc1cccc([C@H](C)Nc2cc(=NC3CC3)n3nc/c(=C/c4[nH]c(=O)[nH]c4O)c3n2)c1. The van der Waals surface area contributed by atoms with Gasteiger partial charge in [0.05, 0.1) is 25.4 Å². The number of fused-ring (bicyclic) bond motifs is 1. The minimum absolute atomic E-state index is 0.0331. The van der Waals surface area contributed by atoms with E-state index in [1.54, 1.807) is 23.9 Å². The molecule has 0 bridgehead atoms. The van der Waals surface area contributed by atoms with Gasteiger partial charge < -0.3 is 20.1 Å². The number of hydrogen-bond donors (Lipinski definition) is 4. The minimum atomic E-state index is -0.489. The molecule has 1 aromatic carbocycles. The number of benzene rings is 1. The second-order valence-corrected chi connectivity index (χ2v) is 7.82.